The number of fused-ring (bicyclic) bond motifs is 1. The number of carbonyl (C=O) groups is 1. The molecule has 2 aromatic carbocycles. The molecule has 1 saturated heterocycles. The van der Waals surface area contributed by atoms with Crippen LogP contribution in [0.15, 0.2) is 59.1 Å². The smallest absolute Gasteiger partial charge is 0.260 e. The summed E-state index contributed by atoms with van der Waals surface area (Å²) in [4.78, 5) is 21.5. The van der Waals surface area contributed by atoms with Gasteiger partial charge in [0.05, 0.1) is 23.3 Å². The zero-order chi connectivity index (χ0) is 25.7. The molecule has 1 fully saturated rings. The third-order valence-corrected chi connectivity index (χ3v) is 6.97. The van der Waals surface area contributed by atoms with Gasteiger partial charge in [-0.3, -0.25) is 14.7 Å². The van der Waals surface area contributed by atoms with Crippen molar-refractivity contribution in [1.82, 2.24) is 14.8 Å². The number of aliphatic hydroxyl groups excluding tert-OH is 1. The largest absolute Gasteiger partial charge is 0.483 e. The number of rotatable bonds is 9. The van der Waals surface area contributed by atoms with E-state index in [0.29, 0.717) is 35.4 Å². The van der Waals surface area contributed by atoms with Crippen molar-refractivity contribution in [2.24, 2.45) is 4.36 Å². The van der Waals surface area contributed by atoms with Gasteiger partial charge in [0, 0.05) is 45.4 Å². The van der Waals surface area contributed by atoms with E-state index in [2.05, 4.69) is 20.3 Å². The minimum absolute atomic E-state index is 0.161. The molecule has 1 aromatic heterocycles. The number of aryl methyl sites for hydroxylation is 1. The van der Waals surface area contributed by atoms with Gasteiger partial charge in [-0.25, -0.2) is 0 Å². The Morgan fingerprint density at radius 2 is 2.14 bits per heavy atom. The van der Waals surface area contributed by atoms with E-state index in [-0.39, 0.29) is 24.7 Å². The second-order valence-electron chi connectivity index (χ2n) is 8.88. The van der Waals surface area contributed by atoms with Crippen molar-refractivity contribution < 1.29 is 23.0 Å². The summed E-state index contributed by atoms with van der Waals surface area (Å²) in [7, 11) is 1.27. The second kappa shape index (κ2) is 11.8. The molecular formula is C26H31N4O5S-. The zero-order valence-corrected chi connectivity index (χ0v) is 21.5. The van der Waals surface area contributed by atoms with Crippen LogP contribution in [0.1, 0.15) is 23.6 Å². The van der Waals surface area contributed by atoms with E-state index in [4.69, 9.17) is 8.92 Å². The van der Waals surface area contributed by atoms with Gasteiger partial charge >= 0.3 is 0 Å². The average molecular weight is 512 g/mol. The lowest BCUT2D eigenvalue weighted by Crippen LogP contribution is -2.41. The van der Waals surface area contributed by atoms with Gasteiger partial charge in [-0.15, -0.1) is 0 Å². The molecule has 1 aliphatic heterocycles. The molecule has 0 spiro atoms. The highest BCUT2D eigenvalue weighted by atomic mass is 32.2. The van der Waals surface area contributed by atoms with E-state index in [1.807, 2.05) is 31.2 Å². The molecule has 0 aliphatic carbocycles. The number of aromatic nitrogens is 1. The van der Waals surface area contributed by atoms with Crippen LogP contribution < -0.4 is 4.74 Å². The topological polar surface area (TPSA) is 105 Å². The molecule has 36 heavy (non-hydrogen) atoms. The Labute approximate surface area is 213 Å². The minimum atomic E-state index is -1.82. The predicted molar refractivity (Wildman–Crippen MR) is 138 cm³/mol. The first kappa shape index (κ1) is 26.0. The molecule has 1 aliphatic rings. The Balaban J connectivity index is 1.53. The van der Waals surface area contributed by atoms with Crippen molar-refractivity contribution in [3.05, 3.63) is 65.9 Å². The van der Waals surface area contributed by atoms with E-state index in [1.54, 1.807) is 36.3 Å². The molecule has 3 aromatic rings. The van der Waals surface area contributed by atoms with Crippen LogP contribution in [0.5, 0.6) is 5.75 Å². The SMILES string of the molecule is CO[S-](=O)=Nc1ccc(OCC(=O)N(C)C(CN2CC[C@H](O)C2)c2cccc(C)c2)c2cccnc12. The number of β-amino-alcohol motifs (C(OH)–C–C–N with tert-alkyl or cyclic N) is 1. The fourth-order valence-electron chi connectivity index (χ4n) is 4.42. The summed E-state index contributed by atoms with van der Waals surface area (Å²) in [5.74, 6) is 0.310. The molecule has 4 rings (SSSR count). The molecule has 0 bridgehead atoms. The quantitative estimate of drug-likeness (QED) is 0.438. The van der Waals surface area contributed by atoms with Gasteiger partial charge in [0.15, 0.2) is 6.61 Å². The van der Waals surface area contributed by atoms with Gasteiger partial charge in [0.1, 0.15) is 5.75 Å². The molecule has 1 N–H and O–H groups in total. The minimum Gasteiger partial charge on any atom is -0.483 e. The van der Waals surface area contributed by atoms with Crippen LogP contribution in [0.25, 0.3) is 10.9 Å². The first-order chi connectivity index (χ1) is 17.4. The molecule has 0 radical (unpaired) electrons. The number of likely N-dealkylation sites (N-methyl/N-ethyl adjacent to an activating group) is 1. The number of hydrogen-bond donors (Lipinski definition) is 1. The van der Waals surface area contributed by atoms with Gasteiger partial charge in [-0.2, -0.15) is 0 Å². The molecule has 2 atom stereocenters. The number of hydrogen-bond acceptors (Lipinski definition) is 9. The number of ether oxygens (including phenoxy) is 1. The van der Waals surface area contributed by atoms with Crippen LogP contribution in [0, 0.1) is 6.92 Å². The van der Waals surface area contributed by atoms with Crippen molar-refractivity contribution >= 4 is 33.4 Å². The number of benzene rings is 2. The van der Waals surface area contributed by atoms with Gasteiger partial charge in [-0.1, -0.05) is 40.7 Å². The van der Waals surface area contributed by atoms with Crippen molar-refractivity contribution in [2.75, 3.05) is 40.4 Å². The lowest BCUT2D eigenvalue weighted by atomic mass is 10.0. The van der Waals surface area contributed by atoms with E-state index < -0.39 is 10.9 Å². The highest BCUT2D eigenvalue weighted by Crippen LogP contribution is 2.32. The van der Waals surface area contributed by atoms with E-state index >= 15 is 0 Å². The Hall–Kier alpha value is -3.05. The fraction of sp³-hybridized carbons (Fsp3) is 0.385. The fourth-order valence-corrected chi connectivity index (χ4v) is 4.80. The van der Waals surface area contributed by atoms with Crippen LogP contribution in [0.4, 0.5) is 5.69 Å². The number of carbonyl (C=O) groups excluding carboxylic acids is 1. The summed E-state index contributed by atoms with van der Waals surface area (Å²) >= 11 is 0. The molecule has 1 unspecified atom stereocenters. The molecule has 0 saturated carbocycles. The Morgan fingerprint density at radius 1 is 1.31 bits per heavy atom. The number of likely N-dealkylation sites (tertiary alicyclic amines) is 1. The van der Waals surface area contributed by atoms with Crippen LogP contribution >= 0.6 is 0 Å². The Kier molecular flexibility index (Phi) is 8.52. The lowest BCUT2D eigenvalue weighted by molar-refractivity contribution is -0.134. The molecule has 1 amide bonds. The first-order valence-corrected chi connectivity index (χ1v) is 12.8. The maximum atomic E-state index is 13.3. The number of nitrogens with zero attached hydrogens (tertiary/aromatic N) is 4. The number of amides is 1. The van der Waals surface area contributed by atoms with E-state index in [0.717, 1.165) is 24.1 Å². The Bertz CT molecular complexity index is 1310. The standard InChI is InChI=1S/C26H31N4O5S/c1-18-6-4-7-19(14-18)23(16-30-13-11-20(31)15-30)29(2)25(32)17-35-24-10-9-22(28-36(33)34-3)26-21(24)8-5-12-27-26/h4-10,12,14,20,23,31H,11,13,15-17H2,1-3H3/q-1/t20-,23?/m0/s1. The van der Waals surface area contributed by atoms with Gasteiger partial charge in [-0.05, 0) is 43.2 Å². The summed E-state index contributed by atoms with van der Waals surface area (Å²) in [6.45, 7) is 3.90. The van der Waals surface area contributed by atoms with Gasteiger partial charge in [0.25, 0.3) is 5.91 Å². The third-order valence-electron chi connectivity index (χ3n) is 6.34. The van der Waals surface area contributed by atoms with Crippen molar-refractivity contribution in [3.8, 4) is 5.75 Å². The summed E-state index contributed by atoms with van der Waals surface area (Å²) in [6, 6.07) is 14.9. The van der Waals surface area contributed by atoms with Crippen LogP contribution in [-0.2, 0) is 24.1 Å². The van der Waals surface area contributed by atoms with Crippen molar-refractivity contribution in [3.63, 3.8) is 0 Å². The number of aliphatic hydroxyl groups is 1. The highest BCUT2D eigenvalue weighted by Gasteiger charge is 2.28. The third kappa shape index (κ3) is 6.19. The van der Waals surface area contributed by atoms with Gasteiger partial charge < -0.3 is 27.5 Å². The molecule has 2 heterocycles. The summed E-state index contributed by atoms with van der Waals surface area (Å²) in [5, 5.41) is 10.6. The normalized spacial score (nSPS) is 17.8. The zero-order valence-electron chi connectivity index (χ0n) is 20.7. The molecular weight excluding hydrogens is 480 g/mol. The maximum Gasteiger partial charge on any atom is 0.260 e. The monoisotopic (exact) mass is 511 g/mol. The maximum absolute atomic E-state index is 13.3. The van der Waals surface area contributed by atoms with Crippen molar-refractivity contribution in [1.29, 1.82) is 0 Å². The summed E-state index contributed by atoms with van der Waals surface area (Å²) < 4.78 is 26.5. The summed E-state index contributed by atoms with van der Waals surface area (Å²) in [5.41, 5.74) is 3.08. The van der Waals surface area contributed by atoms with Crippen LogP contribution in [-0.4, -0.2) is 72.3 Å². The second-order valence-corrected chi connectivity index (χ2v) is 9.83. The van der Waals surface area contributed by atoms with E-state index in [9.17, 15) is 14.1 Å². The van der Waals surface area contributed by atoms with Crippen LogP contribution in [0.2, 0.25) is 0 Å². The van der Waals surface area contributed by atoms with Crippen molar-refractivity contribution in [2.45, 2.75) is 25.5 Å². The first-order valence-electron chi connectivity index (χ1n) is 11.8. The summed E-state index contributed by atoms with van der Waals surface area (Å²) in [6.07, 6.45) is 2.02. The predicted octanol–water partition coefficient (Wildman–Crippen LogP) is 3.53. The lowest BCUT2D eigenvalue weighted by Gasteiger charge is -2.32. The van der Waals surface area contributed by atoms with Gasteiger partial charge in [0.2, 0.25) is 0 Å². The molecule has 192 valence electrons. The van der Waals surface area contributed by atoms with E-state index in [1.165, 1.54) is 7.11 Å². The molecule has 9 nitrogen and oxygen atoms in total. The Morgan fingerprint density at radius 3 is 2.86 bits per heavy atom. The average Bonchev–Trinajstić information content (AvgIpc) is 3.30. The molecule has 10 heteroatoms. The highest BCUT2D eigenvalue weighted by molar-refractivity contribution is 7.69. The van der Waals surface area contributed by atoms with Crippen LogP contribution in [0.3, 0.4) is 0 Å². The number of pyridine rings is 1.